The Morgan fingerprint density at radius 1 is 1.26 bits per heavy atom. The lowest BCUT2D eigenvalue weighted by molar-refractivity contribution is -0.132. The zero-order chi connectivity index (χ0) is 18.9. The number of nitrogens with one attached hydrogen (secondary N) is 2. The third-order valence-corrected chi connectivity index (χ3v) is 6.24. The summed E-state index contributed by atoms with van der Waals surface area (Å²) in [6.07, 6.45) is 4.21. The summed E-state index contributed by atoms with van der Waals surface area (Å²) in [5.41, 5.74) is 1.35. The summed E-state index contributed by atoms with van der Waals surface area (Å²) in [6.45, 7) is 6.02. The van der Waals surface area contributed by atoms with Gasteiger partial charge in [-0.3, -0.25) is 9.59 Å². The Hall–Kier alpha value is -2.08. The summed E-state index contributed by atoms with van der Waals surface area (Å²) < 4.78 is 0. The SMILES string of the molecule is C[C@H]1CCCN(C(=O)CCN2C(=O)C3(CCNCC3)Nc3ccccc32)C1. The fraction of sp³-hybridized carbons (Fsp3) is 0.619. The van der Waals surface area contributed by atoms with E-state index in [-0.39, 0.29) is 11.8 Å². The first-order valence-corrected chi connectivity index (χ1v) is 10.3. The van der Waals surface area contributed by atoms with Gasteiger partial charge in [-0.25, -0.2) is 0 Å². The average molecular weight is 370 g/mol. The van der Waals surface area contributed by atoms with Gasteiger partial charge in [-0.2, -0.15) is 0 Å². The van der Waals surface area contributed by atoms with Crippen LogP contribution in [0.25, 0.3) is 0 Å². The maximum absolute atomic E-state index is 13.4. The van der Waals surface area contributed by atoms with E-state index in [0.717, 1.165) is 56.8 Å². The molecule has 0 aliphatic carbocycles. The van der Waals surface area contributed by atoms with Crippen LogP contribution in [0.5, 0.6) is 0 Å². The molecule has 0 aromatic heterocycles. The molecule has 2 N–H and O–H groups in total. The predicted molar refractivity (Wildman–Crippen MR) is 107 cm³/mol. The molecule has 4 rings (SSSR count). The Kier molecular flexibility index (Phi) is 5.08. The Bertz CT molecular complexity index is 714. The second-order valence-electron chi connectivity index (χ2n) is 8.27. The van der Waals surface area contributed by atoms with Gasteiger partial charge in [0.05, 0.1) is 11.4 Å². The largest absolute Gasteiger partial charge is 0.369 e. The van der Waals surface area contributed by atoms with Crippen LogP contribution < -0.4 is 15.5 Å². The van der Waals surface area contributed by atoms with Crippen LogP contribution >= 0.6 is 0 Å². The van der Waals surface area contributed by atoms with E-state index in [1.807, 2.05) is 34.1 Å². The van der Waals surface area contributed by atoms with Crippen LogP contribution in [0.2, 0.25) is 0 Å². The van der Waals surface area contributed by atoms with Crippen LogP contribution in [0, 0.1) is 5.92 Å². The summed E-state index contributed by atoms with van der Waals surface area (Å²) in [7, 11) is 0. The predicted octanol–water partition coefficient (Wildman–Crippen LogP) is 2.22. The van der Waals surface area contributed by atoms with Gasteiger partial charge in [0.15, 0.2) is 0 Å². The third kappa shape index (κ3) is 3.55. The van der Waals surface area contributed by atoms with Crippen LogP contribution in [0.1, 0.15) is 39.0 Å². The molecular formula is C21H30N4O2. The molecule has 1 aromatic carbocycles. The number of benzene rings is 1. The Morgan fingerprint density at radius 2 is 2.04 bits per heavy atom. The van der Waals surface area contributed by atoms with Gasteiger partial charge < -0.3 is 20.4 Å². The van der Waals surface area contributed by atoms with Gasteiger partial charge in [-0.15, -0.1) is 0 Å². The number of likely N-dealkylation sites (tertiary alicyclic amines) is 1. The number of amides is 2. The summed E-state index contributed by atoms with van der Waals surface area (Å²) in [5, 5.41) is 6.86. The minimum atomic E-state index is -0.539. The number of carbonyl (C=O) groups excluding carboxylic acids is 2. The van der Waals surface area contributed by atoms with E-state index < -0.39 is 5.54 Å². The van der Waals surface area contributed by atoms with Crippen LogP contribution in [-0.2, 0) is 9.59 Å². The van der Waals surface area contributed by atoms with Crippen molar-refractivity contribution >= 4 is 23.2 Å². The fourth-order valence-electron chi connectivity index (χ4n) is 4.69. The summed E-state index contributed by atoms with van der Waals surface area (Å²) in [6, 6.07) is 7.96. The van der Waals surface area contributed by atoms with Gasteiger partial charge in [0, 0.05) is 26.1 Å². The highest BCUT2D eigenvalue weighted by Crippen LogP contribution is 2.39. The van der Waals surface area contributed by atoms with E-state index in [0.29, 0.717) is 18.9 Å². The van der Waals surface area contributed by atoms with Crippen LogP contribution in [0.4, 0.5) is 11.4 Å². The third-order valence-electron chi connectivity index (χ3n) is 6.24. The van der Waals surface area contributed by atoms with Crippen molar-refractivity contribution in [3.8, 4) is 0 Å². The molecule has 2 fully saturated rings. The number of hydrogen-bond acceptors (Lipinski definition) is 4. The van der Waals surface area contributed by atoms with Crippen molar-refractivity contribution in [1.29, 1.82) is 0 Å². The second-order valence-corrected chi connectivity index (χ2v) is 8.27. The van der Waals surface area contributed by atoms with Gasteiger partial charge in [0.2, 0.25) is 5.91 Å². The molecule has 2 amide bonds. The lowest BCUT2D eigenvalue weighted by atomic mass is 9.84. The number of nitrogens with zero attached hydrogens (tertiary/aromatic N) is 2. The van der Waals surface area contributed by atoms with Crippen molar-refractivity contribution in [3.63, 3.8) is 0 Å². The molecule has 146 valence electrons. The van der Waals surface area contributed by atoms with Crippen LogP contribution in [-0.4, -0.2) is 55.0 Å². The van der Waals surface area contributed by atoms with Gasteiger partial charge in [0.25, 0.3) is 5.91 Å². The fourth-order valence-corrected chi connectivity index (χ4v) is 4.69. The van der Waals surface area contributed by atoms with Gasteiger partial charge in [-0.05, 0) is 56.8 Å². The number of anilines is 2. The van der Waals surface area contributed by atoms with Crippen molar-refractivity contribution in [2.75, 3.05) is 42.9 Å². The molecule has 1 spiro atoms. The standard InChI is InChI=1S/C21H30N4O2/c1-16-5-4-13-24(15-16)19(26)8-14-25-18-7-3-2-6-17(18)23-21(20(25)27)9-11-22-12-10-21/h2-3,6-7,16,22-23H,4-5,8-15H2,1H3/t16-/m0/s1. The van der Waals surface area contributed by atoms with Crippen molar-refractivity contribution in [3.05, 3.63) is 24.3 Å². The highest BCUT2D eigenvalue weighted by molar-refractivity contribution is 6.08. The first-order valence-electron chi connectivity index (χ1n) is 10.3. The number of fused-ring (bicyclic) bond motifs is 1. The smallest absolute Gasteiger partial charge is 0.252 e. The van der Waals surface area contributed by atoms with Crippen molar-refractivity contribution in [2.45, 2.75) is 44.6 Å². The number of carbonyl (C=O) groups is 2. The monoisotopic (exact) mass is 370 g/mol. The number of piperidine rings is 2. The van der Waals surface area contributed by atoms with Crippen molar-refractivity contribution in [2.24, 2.45) is 5.92 Å². The highest BCUT2D eigenvalue weighted by atomic mass is 16.2. The minimum absolute atomic E-state index is 0.113. The van der Waals surface area contributed by atoms with Gasteiger partial charge in [0.1, 0.15) is 5.54 Å². The van der Waals surface area contributed by atoms with E-state index >= 15 is 0 Å². The molecule has 3 aliphatic rings. The Balaban J connectivity index is 1.51. The van der Waals surface area contributed by atoms with E-state index in [9.17, 15) is 9.59 Å². The maximum atomic E-state index is 13.4. The van der Waals surface area contributed by atoms with E-state index in [4.69, 9.17) is 0 Å². The van der Waals surface area contributed by atoms with Gasteiger partial charge in [-0.1, -0.05) is 19.1 Å². The molecule has 3 aliphatic heterocycles. The molecule has 3 heterocycles. The molecule has 6 heteroatoms. The molecule has 1 atom stereocenters. The highest BCUT2D eigenvalue weighted by Gasteiger charge is 2.46. The maximum Gasteiger partial charge on any atom is 0.252 e. The number of rotatable bonds is 3. The summed E-state index contributed by atoms with van der Waals surface area (Å²) in [5.74, 6) is 0.856. The molecule has 0 bridgehead atoms. The summed E-state index contributed by atoms with van der Waals surface area (Å²) >= 11 is 0. The number of hydrogen-bond donors (Lipinski definition) is 2. The Morgan fingerprint density at radius 3 is 2.81 bits per heavy atom. The quantitative estimate of drug-likeness (QED) is 0.856. The average Bonchev–Trinajstić information content (AvgIpc) is 2.69. The van der Waals surface area contributed by atoms with E-state index in [1.54, 1.807) is 0 Å². The number of para-hydroxylation sites is 2. The van der Waals surface area contributed by atoms with Gasteiger partial charge >= 0.3 is 0 Å². The molecular weight excluding hydrogens is 340 g/mol. The van der Waals surface area contributed by atoms with E-state index in [1.165, 1.54) is 6.42 Å². The van der Waals surface area contributed by atoms with Crippen LogP contribution in [0.3, 0.4) is 0 Å². The van der Waals surface area contributed by atoms with E-state index in [2.05, 4.69) is 17.6 Å². The zero-order valence-corrected chi connectivity index (χ0v) is 16.2. The first-order chi connectivity index (χ1) is 13.1. The molecule has 27 heavy (non-hydrogen) atoms. The lowest BCUT2D eigenvalue weighted by Crippen LogP contribution is -2.61. The van der Waals surface area contributed by atoms with Crippen LogP contribution in [0.15, 0.2) is 24.3 Å². The second kappa shape index (κ2) is 7.50. The molecule has 0 saturated carbocycles. The zero-order valence-electron chi connectivity index (χ0n) is 16.2. The lowest BCUT2D eigenvalue weighted by Gasteiger charge is -2.46. The molecule has 0 radical (unpaired) electrons. The van der Waals surface area contributed by atoms with Crippen molar-refractivity contribution < 1.29 is 9.59 Å². The topological polar surface area (TPSA) is 64.7 Å². The van der Waals surface area contributed by atoms with Crippen molar-refractivity contribution in [1.82, 2.24) is 10.2 Å². The molecule has 1 aromatic rings. The Labute approximate surface area is 161 Å². The molecule has 6 nitrogen and oxygen atoms in total. The first kappa shape index (κ1) is 18.3. The molecule has 0 unspecified atom stereocenters. The molecule has 2 saturated heterocycles. The summed E-state index contributed by atoms with van der Waals surface area (Å²) in [4.78, 5) is 30.0. The minimum Gasteiger partial charge on any atom is -0.369 e. The normalized spacial score (nSPS) is 24.5.